The second kappa shape index (κ2) is 6.58. The summed E-state index contributed by atoms with van der Waals surface area (Å²) in [5.74, 6) is 0.00898. The number of pyridine rings is 1. The van der Waals surface area contributed by atoms with Crippen molar-refractivity contribution in [1.29, 1.82) is 0 Å². The van der Waals surface area contributed by atoms with Gasteiger partial charge in [-0.05, 0) is 25.1 Å². The number of thiophene rings is 1. The summed E-state index contributed by atoms with van der Waals surface area (Å²) in [5.41, 5.74) is 6.53. The molecule has 0 radical (unpaired) electrons. The Hall–Kier alpha value is -1.79. The lowest BCUT2D eigenvalue weighted by Crippen LogP contribution is -2.11. The summed E-state index contributed by atoms with van der Waals surface area (Å²) in [4.78, 5) is 16.9. The van der Waals surface area contributed by atoms with Gasteiger partial charge in [0.1, 0.15) is 5.82 Å². The van der Waals surface area contributed by atoms with Gasteiger partial charge in [-0.1, -0.05) is 11.6 Å². The number of anilines is 2. The molecule has 0 unspecified atom stereocenters. The summed E-state index contributed by atoms with van der Waals surface area (Å²) in [5, 5.41) is 3.09. The van der Waals surface area contributed by atoms with Crippen molar-refractivity contribution in [3.8, 4) is 0 Å². The van der Waals surface area contributed by atoms with Gasteiger partial charge in [0.25, 0.3) is 0 Å². The van der Waals surface area contributed by atoms with Crippen molar-refractivity contribution < 1.29 is 9.53 Å². The molecule has 7 heteroatoms. The van der Waals surface area contributed by atoms with Crippen molar-refractivity contribution in [2.45, 2.75) is 13.5 Å². The van der Waals surface area contributed by atoms with Gasteiger partial charge in [-0.25, -0.2) is 9.78 Å². The molecule has 106 valence electrons. The predicted octanol–water partition coefficient (Wildman–Crippen LogP) is 3.17. The topological polar surface area (TPSA) is 77.2 Å². The van der Waals surface area contributed by atoms with E-state index in [2.05, 4.69) is 10.3 Å². The molecule has 0 saturated heterocycles. The highest BCUT2D eigenvalue weighted by molar-refractivity contribution is 7.16. The quantitative estimate of drug-likeness (QED) is 0.829. The number of carbonyl (C=O) groups is 1. The van der Waals surface area contributed by atoms with Gasteiger partial charge in [0.05, 0.1) is 28.7 Å². The Bertz CT molecular complexity index is 615. The molecule has 20 heavy (non-hydrogen) atoms. The van der Waals surface area contributed by atoms with Crippen LogP contribution in [0.5, 0.6) is 0 Å². The van der Waals surface area contributed by atoms with E-state index >= 15 is 0 Å². The minimum atomic E-state index is -0.449. The van der Waals surface area contributed by atoms with Crippen molar-refractivity contribution in [3.63, 3.8) is 0 Å². The van der Waals surface area contributed by atoms with E-state index in [1.165, 1.54) is 17.5 Å². The summed E-state index contributed by atoms with van der Waals surface area (Å²) in [7, 11) is 0. The summed E-state index contributed by atoms with van der Waals surface area (Å²) >= 11 is 7.34. The number of nitrogens with zero attached hydrogens (tertiary/aromatic N) is 1. The minimum absolute atomic E-state index is 0.286. The zero-order chi connectivity index (χ0) is 14.5. The second-order valence-corrected chi connectivity index (χ2v) is 5.70. The van der Waals surface area contributed by atoms with E-state index in [0.717, 1.165) is 9.21 Å². The largest absolute Gasteiger partial charge is 0.462 e. The van der Waals surface area contributed by atoms with Crippen LogP contribution in [0.1, 0.15) is 22.2 Å². The van der Waals surface area contributed by atoms with Gasteiger partial charge >= 0.3 is 5.97 Å². The van der Waals surface area contributed by atoms with Crippen LogP contribution in [0.4, 0.5) is 11.5 Å². The third kappa shape index (κ3) is 3.40. The normalized spacial score (nSPS) is 10.3. The average Bonchev–Trinajstić information content (AvgIpc) is 2.83. The lowest BCUT2D eigenvalue weighted by molar-refractivity contribution is 0.0527. The van der Waals surface area contributed by atoms with Gasteiger partial charge in [-0.2, -0.15) is 0 Å². The number of nitrogen functional groups attached to an aromatic ring is 1. The fourth-order valence-corrected chi connectivity index (χ4v) is 2.65. The Morgan fingerprint density at radius 3 is 2.95 bits per heavy atom. The smallest absolute Gasteiger partial charge is 0.340 e. The molecule has 0 atom stereocenters. The number of nitrogens with one attached hydrogen (secondary N) is 1. The van der Waals surface area contributed by atoms with Crippen LogP contribution in [-0.4, -0.2) is 17.6 Å². The molecule has 0 aliphatic heterocycles. The molecule has 0 bridgehead atoms. The number of hydrogen-bond acceptors (Lipinski definition) is 6. The molecule has 2 aromatic rings. The van der Waals surface area contributed by atoms with E-state index < -0.39 is 5.97 Å². The van der Waals surface area contributed by atoms with Crippen LogP contribution in [-0.2, 0) is 11.3 Å². The monoisotopic (exact) mass is 311 g/mol. The number of aromatic nitrogens is 1. The summed E-state index contributed by atoms with van der Waals surface area (Å²) in [6.45, 7) is 2.59. The fourth-order valence-electron chi connectivity index (χ4n) is 1.62. The van der Waals surface area contributed by atoms with Gasteiger partial charge in [0.15, 0.2) is 0 Å². The molecule has 2 rings (SSSR count). The first-order chi connectivity index (χ1) is 9.61. The van der Waals surface area contributed by atoms with Crippen LogP contribution in [0, 0.1) is 0 Å². The molecule has 3 N–H and O–H groups in total. The van der Waals surface area contributed by atoms with Crippen LogP contribution >= 0.6 is 22.9 Å². The number of ether oxygens (including phenoxy) is 1. The molecule has 0 amide bonds. The molecule has 0 saturated carbocycles. The predicted molar refractivity (Wildman–Crippen MR) is 81.3 cm³/mol. The third-order valence-corrected chi connectivity index (χ3v) is 3.78. The van der Waals surface area contributed by atoms with Crippen LogP contribution in [0.2, 0.25) is 4.34 Å². The highest BCUT2D eigenvalue weighted by atomic mass is 35.5. The van der Waals surface area contributed by atoms with E-state index in [0.29, 0.717) is 24.5 Å². The number of nitrogens with two attached hydrogens (primary N) is 1. The van der Waals surface area contributed by atoms with E-state index in [-0.39, 0.29) is 5.69 Å². The average molecular weight is 312 g/mol. The van der Waals surface area contributed by atoms with Crippen molar-refractivity contribution >= 4 is 40.4 Å². The van der Waals surface area contributed by atoms with Gasteiger partial charge in [-0.3, -0.25) is 0 Å². The van der Waals surface area contributed by atoms with Crippen molar-refractivity contribution in [3.05, 3.63) is 39.2 Å². The lowest BCUT2D eigenvalue weighted by atomic mass is 10.2. The first-order valence-electron chi connectivity index (χ1n) is 6.01. The van der Waals surface area contributed by atoms with E-state index in [1.807, 2.05) is 12.1 Å². The molecule has 2 heterocycles. The van der Waals surface area contributed by atoms with E-state index in [1.54, 1.807) is 13.0 Å². The van der Waals surface area contributed by atoms with E-state index in [4.69, 9.17) is 22.1 Å². The zero-order valence-electron chi connectivity index (χ0n) is 10.9. The highest BCUT2D eigenvalue weighted by Gasteiger charge is 2.14. The zero-order valence-corrected chi connectivity index (χ0v) is 12.4. The number of halogens is 1. The van der Waals surface area contributed by atoms with Crippen LogP contribution in [0.25, 0.3) is 0 Å². The summed E-state index contributed by atoms with van der Waals surface area (Å²) in [6.07, 6.45) is 1.52. The Balaban J connectivity index is 2.12. The highest BCUT2D eigenvalue weighted by Crippen LogP contribution is 2.24. The van der Waals surface area contributed by atoms with Crippen molar-refractivity contribution in [2.75, 3.05) is 17.7 Å². The van der Waals surface area contributed by atoms with Gasteiger partial charge < -0.3 is 15.8 Å². The second-order valence-electron chi connectivity index (χ2n) is 3.90. The maximum Gasteiger partial charge on any atom is 0.340 e. The van der Waals surface area contributed by atoms with Crippen molar-refractivity contribution in [2.24, 2.45) is 0 Å². The standard InChI is InChI=1S/C13H14ClN3O2S/c1-2-19-13(18)9-5-6-16-12(11(9)15)17-7-8-3-4-10(14)20-8/h3-6H,2,7,15H2,1H3,(H,16,17). The summed E-state index contributed by atoms with van der Waals surface area (Å²) in [6, 6.07) is 5.29. The Morgan fingerprint density at radius 2 is 2.30 bits per heavy atom. The minimum Gasteiger partial charge on any atom is -0.462 e. The third-order valence-electron chi connectivity index (χ3n) is 2.54. The number of esters is 1. The Morgan fingerprint density at radius 1 is 1.50 bits per heavy atom. The molecule has 0 aliphatic carbocycles. The Labute approximate surface area is 125 Å². The van der Waals surface area contributed by atoms with Gasteiger partial charge in [0, 0.05) is 11.1 Å². The molecule has 2 aromatic heterocycles. The van der Waals surface area contributed by atoms with Gasteiger partial charge in [0.2, 0.25) is 0 Å². The first kappa shape index (κ1) is 14.6. The first-order valence-corrected chi connectivity index (χ1v) is 7.21. The number of rotatable bonds is 5. The molecule has 0 aliphatic rings. The lowest BCUT2D eigenvalue weighted by Gasteiger charge is -2.10. The maximum absolute atomic E-state index is 11.7. The number of hydrogen-bond donors (Lipinski definition) is 2. The summed E-state index contributed by atoms with van der Waals surface area (Å²) < 4.78 is 5.66. The molecule has 0 fully saturated rings. The van der Waals surface area contributed by atoms with E-state index in [9.17, 15) is 4.79 Å². The fraction of sp³-hybridized carbons (Fsp3) is 0.231. The molecule has 5 nitrogen and oxygen atoms in total. The van der Waals surface area contributed by atoms with Crippen LogP contribution < -0.4 is 11.1 Å². The van der Waals surface area contributed by atoms with Crippen LogP contribution in [0.15, 0.2) is 24.4 Å². The molecule has 0 aromatic carbocycles. The Kier molecular flexibility index (Phi) is 4.81. The van der Waals surface area contributed by atoms with Crippen LogP contribution in [0.3, 0.4) is 0 Å². The number of carbonyl (C=O) groups excluding carboxylic acids is 1. The SMILES string of the molecule is CCOC(=O)c1ccnc(NCc2ccc(Cl)s2)c1N. The molecule has 0 spiro atoms. The molecular weight excluding hydrogens is 298 g/mol. The molecular formula is C13H14ClN3O2S. The van der Waals surface area contributed by atoms with Crippen molar-refractivity contribution in [1.82, 2.24) is 4.98 Å². The maximum atomic E-state index is 11.7. The van der Waals surface area contributed by atoms with Gasteiger partial charge in [-0.15, -0.1) is 11.3 Å².